The van der Waals surface area contributed by atoms with Crippen LogP contribution in [0, 0.1) is 17.5 Å². The third-order valence-corrected chi connectivity index (χ3v) is 3.16. The van der Waals surface area contributed by atoms with Crippen molar-refractivity contribution in [3.8, 4) is 11.4 Å². The second-order valence-corrected chi connectivity index (χ2v) is 4.44. The van der Waals surface area contributed by atoms with Crippen molar-refractivity contribution in [1.29, 1.82) is 0 Å². The van der Waals surface area contributed by atoms with E-state index in [1.54, 1.807) is 0 Å². The number of hydrogen-bond donors (Lipinski definition) is 2. The number of piperazine rings is 1. The van der Waals surface area contributed by atoms with E-state index >= 15 is 0 Å². The summed E-state index contributed by atoms with van der Waals surface area (Å²) in [6.45, 7) is 3.09. The maximum atomic E-state index is 13.7. The summed E-state index contributed by atoms with van der Waals surface area (Å²) in [5, 5.41) is 9.73. The van der Waals surface area contributed by atoms with E-state index in [-0.39, 0.29) is 11.4 Å². The van der Waals surface area contributed by atoms with Crippen LogP contribution in [0.5, 0.6) is 0 Å². The maximum absolute atomic E-state index is 13.7. The molecule has 1 saturated heterocycles. The first-order chi connectivity index (χ1) is 9.66. The number of aromatic amines is 1. The summed E-state index contributed by atoms with van der Waals surface area (Å²) in [4.78, 5) is 6.06. The van der Waals surface area contributed by atoms with Gasteiger partial charge in [-0.25, -0.2) is 13.2 Å². The van der Waals surface area contributed by atoms with Crippen LogP contribution in [0.15, 0.2) is 12.1 Å². The number of aromatic nitrogens is 3. The molecule has 1 aromatic heterocycles. The fraction of sp³-hybridized carbons (Fsp3) is 0.333. The highest BCUT2D eigenvalue weighted by molar-refractivity contribution is 5.57. The minimum Gasteiger partial charge on any atom is -0.337 e. The fourth-order valence-electron chi connectivity index (χ4n) is 2.09. The quantitative estimate of drug-likeness (QED) is 0.816. The van der Waals surface area contributed by atoms with Crippen LogP contribution < -0.4 is 10.2 Å². The zero-order chi connectivity index (χ0) is 14.1. The number of nitrogens with one attached hydrogen (secondary N) is 2. The molecule has 1 aliphatic heterocycles. The molecule has 2 N–H and O–H groups in total. The van der Waals surface area contributed by atoms with Gasteiger partial charge in [0.2, 0.25) is 5.95 Å². The predicted octanol–water partition coefficient (Wildman–Crippen LogP) is 1.30. The molecule has 1 aromatic carbocycles. The first kappa shape index (κ1) is 12.9. The molecule has 0 radical (unpaired) electrons. The van der Waals surface area contributed by atoms with E-state index in [4.69, 9.17) is 0 Å². The molecule has 8 heteroatoms. The lowest BCUT2D eigenvalue weighted by molar-refractivity contribution is 0.448. The third-order valence-electron chi connectivity index (χ3n) is 3.16. The molecule has 0 spiro atoms. The van der Waals surface area contributed by atoms with Crippen molar-refractivity contribution < 1.29 is 13.2 Å². The third kappa shape index (κ3) is 2.22. The van der Waals surface area contributed by atoms with E-state index in [1.807, 2.05) is 4.90 Å². The SMILES string of the molecule is Fc1ccc(-c2nc(N3CCNCC3)n[nH]2)c(F)c1F. The number of nitrogens with zero attached hydrogens (tertiary/aromatic N) is 3. The lowest BCUT2D eigenvalue weighted by Gasteiger charge is -2.25. The van der Waals surface area contributed by atoms with E-state index in [9.17, 15) is 13.2 Å². The number of benzene rings is 1. The summed E-state index contributed by atoms with van der Waals surface area (Å²) in [6.07, 6.45) is 0. The van der Waals surface area contributed by atoms with Crippen molar-refractivity contribution in [2.45, 2.75) is 0 Å². The van der Waals surface area contributed by atoms with Gasteiger partial charge in [-0.1, -0.05) is 0 Å². The molecular formula is C12H12F3N5. The Morgan fingerprint density at radius 1 is 1.05 bits per heavy atom. The molecule has 5 nitrogen and oxygen atoms in total. The summed E-state index contributed by atoms with van der Waals surface area (Å²) >= 11 is 0. The monoisotopic (exact) mass is 283 g/mol. The lowest BCUT2D eigenvalue weighted by atomic mass is 10.2. The van der Waals surface area contributed by atoms with E-state index in [0.29, 0.717) is 5.95 Å². The molecule has 106 valence electrons. The number of H-pyrrole nitrogens is 1. The lowest BCUT2D eigenvalue weighted by Crippen LogP contribution is -2.44. The second-order valence-electron chi connectivity index (χ2n) is 4.44. The van der Waals surface area contributed by atoms with Gasteiger partial charge in [0.25, 0.3) is 0 Å². The molecule has 20 heavy (non-hydrogen) atoms. The van der Waals surface area contributed by atoms with Crippen molar-refractivity contribution in [2.75, 3.05) is 31.1 Å². The first-order valence-corrected chi connectivity index (χ1v) is 6.19. The van der Waals surface area contributed by atoms with Gasteiger partial charge >= 0.3 is 0 Å². The van der Waals surface area contributed by atoms with Crippen molar-refractivity contribution in [3.63, 3.8) is 0 Å². The topological polar surface area (TPSA) is 56.8 Å². The van der Waals surface area contributed by atoms with Gasteiger partial charge in [-0.05, 0) is 12.1 Å². The minimum atomic E-state index is -1.51. The molecule has 0 aliphatic carbocycles. The van der Waals surface area contributed by atoms with Crippen LogP contribution in [0.4, 0.5) is 19.1 Å². The molecule has 3 rings (SSSR count). The molecule has 1 fully saturated rings. The molecular weight excluding hydrogens is 271 g/mol. The van der Waals surface area contributed by atoms with Crippen LogP contribution >= 0.6 is 0 Å². The van der Waals surface area contributed by atoms with Gasteiger partial charge in [0, 0.05) is 26.2 Å². The summed E-state index contributed by atoms with van der Waals surface area (Å²) in [5.41, 5.74) is -0.141. The highest BCUT2D eigenvalue weighted by Crippen LogP contribution is 2.24. The fourth-order valence-corrected chi connectivity index (χ4v) is 2.09. The zero-order valence-electron chi connectivity index (χ0n) is 10.5. The van der Waals surface area contributed by atoms with Crippen LogP contribution in [0.25, 0.3) is 11.4 Å². The van der Waals surface area contributed by atoms with E-state index < -0.39 is 17.5 Å². The van der Waals surface area contributed by atoms with Crippen LogP contribution in [0.2, 0.25) is 0 Å². The molecule has 1 aliphatic rings. The van der Waals surface area contributed by atoms with Crippen molar-refractivity contribution in [2.24, 2.45) is 0 Å². The minimum absolute atomic E-state index is 0.0786. The average Bonchev–Trinajstić information content (AvgIpc) is 2.95. The van der Waals surface area contributed by atoms with Gasteiger partial charge < -0.3 is 10.2 Å². The molecule has 0 atom stereocenters. The standard InChI is InChI=1S/C12H12F3N5/c13-8-2-1-7(9(14)10(8)15)11-17-12(19-18-11)20-5-3-16-4-6-20/h1-2,16H,3-6H2,(H,17,18,19). The predicted molar refractivity (Wildman–Crippen MR) is 66.8 cm³/mol. The average molecular weight is 283 g/mol. The Hall–Kier alpha value is -2.09. The Balaban J connectivity index is 1.92. The van der Waals surface area contributed by atoms with Crippen molar-refractivity contribution >= 4 is 5.95 Å². The normalized spacial score (nSPS) is 15.7. The van der Waals surface area contributed by atoms with E-state index in [0.717, 1.165) is 38.3 Å². The molecule has 0 amide bonds. The molecule has 0 bridgehead atoms. The summed E-state index contributed by atoms with van der Waals surface area (Å²) in [5.74, 6) is -3.51. The van der Waals surface area contributed by atoms with Gasteiger partial charge in [0.1, 0.15) is 0 Å². The van der Waals surface area contributed by atoms with Gasteiger partial charge in [0.05, 0.1) is 5.56 Å². The Labute approximate surface area is 112 Å². The summed E-state index contributed by atoms with van der Waals surface area (Å²) < 4.78 is 39.8. The Morgan fingerprint density at radius 2 is 1.80 bits per heavy atom. The van der Waals surface area contributed by atoms with Gasteiger partial charge in [-0.2, -0.15) is 4.98 Å². The second kappa shape index (κ2) is 5.12. The number of anilines is 1. The van der Waals surface area contributed by atoms with Crippen molar-refractivity contribution in [1.82, 2.24) is 20.5 Å². The molecule has 0 unspecified atom stereocenters. The van der Waals surface area contributed by atoms with E-state index in [1.165, 1.54) is 0 Å². The van der Waals surface area contributed by atoms with E-state index in [2.05, 4.69) is 20.5 Å². The number of rotatable bonds is 2. The van der Waals surface area contributed by atoms with Crippen LogP contribution in [0.3, 0.4) is 0 Å². The van der Waals surface area contributed by atoms with Gasteiger partial charge in [-0.3, -0.25) is 5.10 Å². The maximum Gasteiger partial charge on any atom is 0.245 e. The zero-order valence-corrected chi connectivity index (χ0v) is 10.5. The van der Waals surface area contributed by atoms with Crippen molar-refractivity contribution in [3.05, 3.63) is 29.6 Å². The highest BCUT2D eigenvalue weighted by Gasteiger charge is 2.20. The summed E-state index contributed by atoms with van der Waals surface area (Å²) in [6, 6.07) is 2.00. The van der Waals surface area contributed by atoms with Gasteiger partial charge in [-0.15, -0.1) is 5.10 Å². The van der Waals surface area contributed by atoms with Crippen LogP contribution in [-0.2, 0) is 0 Å². The first-order valence-electron chi connectivity index (χ1n) is 6.19. The largest absolute Gasteiger partial charge is 0.337 e. The number of halogens is 3. The summed E-state index contributed by atoms with van der Waals surface area (Å²) in [7, 11) is 0. The Kier molecular flexibility index (Phi) is 3.31. The van der Waals surface area contributed by atoms with Crippen LogP contribution in [0.1, 0.15) is 0 Å². The highest BCUT2D eigenvalue weighted by atomic mass is 19.2. The molecule has 2 heterocycles. The Bertz CT molecular complexity index is 622. The molecule has 0 saturated carbocycles. The van der Waals surface area contributed by atoms with Crippen LogP contribution in [-0.4, -0.2) is 41.4 Å². The Morgan fingerprint density at radius 3 is 2.55 bits per heavy atom. The smallest absolute Gasteiger partial charge is 0.245 e. The number of hydrogen-bond acceptors (Lipinski definition) is 4. The van der Waals surface area contributed by atoms with Gasteiger partial charge in [0.15, 0.2) is 23.3 Å². The molecule has 2 aromatic rings.